The Kier molecular flexibility index (Phi) is 2.99. The fourth-order valence-electron chi connectivity index (χ4n) is 1.64. The van der Waals surface area contributed by atoms with E-state index < -0.39 is 5.41 Å². The summed E-state index contributed by atoms with van der Waals surface area (Å²) >= 11 is 0. The molecule has 0 bridgehead atoms. The van der Waals surface area contributed by atoms with Crippen LogP contribution in [0, 0.1) is 11.3 Å². The van der Waals surface area contributed by atoms with Crippen molar-refractivity contribution in [2.75, 3.05) is 5.73 Å². The molecule has 0 aliphatic rings. The van der Waals surface area contributed by atoms with E-state index in [0.29, 0.717) is 5.69 Å². The number of nitrogen functional groups attached to an aromatic ring is 1. The molecule has 2 N–H and O–H groups in total. The molecule has 4 heteroatoms. The zero-order valence-electron chi connectivity index (χ0n) is 10.4. The quantitative estimate of drug-likeness (QED) is 0.872. The minimum Gasteiger partial charge on any atom is -0.398 e. The Balaban J connectivity index is 2.53. The highest BCUT2D eigenvalue weighted by Crippen LogP contribution is 2.28. The number of aromatic nitrogens is 2. The molecule has 2 aromatic heterocycles. The fraction of sp³-hybridized carbons (Fsp3) is 0.214. The molecule has 0 spiro atoms. The maximum Gasteiger partial charge on any atom is 0.0781 e. The third kappa shape index (κ3) is 2.16. The van der Waals surface area contributed by atoms with Gasteiger partial charge in [-0.15, -0.1) is 0 Å². The van der Waals surface area contributed by atoms with Gasteiger partial charge in [-0.2, -0.15) is 5.26 Å². The molecule has 0 aliphatic carbocycles. The summed E-state index contributed by atoms with van der Waals surface area (Å²) in [6, 6.07) is 5.95. The van der Waals surface area contributed by atoms with E-state index in [1.54, 1.807) is 30.9 Å². The molecule has 0 aliphatic heterocycles. The molecule has 0 radical (unpaired) electrons. The molecule has 0 saturated heterocycles. The highest BCUT2D eigenvalue weighted by Gasteiger charge is 2.20. The van der Waals surface area contributed by atoms with E-state index >= 15 is 0 Å². The fourth-order valence-corrected chi connectivity index (χ4v) is 1.64. The third-order valence-electron chi connectivity index (χ3n) is 2.91. The SMILES string of the molecule is CC(C)(C#N)c1cncc(-c2cnccc2N)c1. The first-order chi connectivity index (χ1) is 8.54. The van der Waals surface area contributed by atoms with Gasteiger partial charge >= 0.3 is 0 Å². The molecule has 0 aromatic carbocycles. The lowest BCUT2D eigenvalue weighted by Crippen LogP contribution is -2.14. The van der Waals surface area contributed by atoms with Crippen molar-refractivity contribution in [3.05, 3.63) is 42.5 Å². The van der Waals surface area contributed by atoms with Gasteiger partial charge in [0.05, 0.1) is 11.5 Å². The van der Waals surface area contributed by atoms with E-state index in [0.717, 1.165) is 16.7 Å². The highest BCUT2D eigenvalue weighted by molar-refractivity contribution is 5.75. The first kappa shape index (κ1) is 12.1. The average Bonchev–Trinajstić information content (AvgIpc) is 2.39. The Morgan fingerprint density at radius 2 is 2.00 bits per heavy atom. The zero-order valence-corrected chi connectivity index (χ0v) is 10.4. The smallest absolute Gasteiger partial charge is 0.0781 e. The van der Waals surface area contributed by atoms with Crippen molar-refractivity contribution >= 4 is 5.69 Å². The summed E-state index contributed by atoms with van der Waals surface area (Å²) in [6.07, 6.45) is 6.79. The summed E-state index contributed by atoms with van der Waals surface area (Å²) in [5, 5.41) is 9.15. The number of hydrogen-bond acceptors (Lipinski definition) is 4. The molecule has 2 heterocycles. The van der Waals surface area contributed by atoms with E-state index in [1.807, 2.05) is 19.9 Å². The lowest BCUT2D eigenvalue weighted by molar-refractivity contribution is 0.683. The minimum absolute atomic E-state index is 0.569. The summed E-state index contributed by atoms with van der Waals surface area (Å²) in [7, 11) is 0. The number of anilines is 1. The van der Waals surface area contributed by atoms with Crippen LogP contribution < -0.4 is 5.73 Å². The normalized spacial score (nSPS) is 10.9. The van der Waals surface area contributed by atoms with Crippen molar-refractivity contribution in [3.8, 4) is 17.2 Å². The molecule has 0 atom stereocenters. The topological polar surface area (TPSA) is 75.6 Å². The molecule has 18 heavy (non-hydrogen) atoms. The van der Waals surface area contributed by atoms with Crippen LogP contribution in [0.5, 0.6) is 0 Å². The van der Waals surface area contributed by atoms with Gasteiger partial charge in [-0.05, 0) is 31.5 Å². The summed E-state index contributed by atoms with van der Waals surface area (Å²) in [6.45, 7) is 3.72. The number of nitrogens with zero attached hydrogens (tertiary/aromatic N) is 3. The molecule has 2 aromatic rings. The third-order valence-corrected chi connectivity index (χ3v) is 2.91. The van der Waals surface area contributed by atoms with Crippen LogP contribution in [-0.2, 0) is 5.41 Å². The number of nitrogens with two attached hydrogens (primary N) is 1. The Labute approximate surface area is 106 Å². The summed E-state index contributed by atoms with van der Waals surface area (Å²) in [5.74, 6) is 0. The van der Waals surface area contributed by atoms with Crippen LogP contribution >= 0.6 is 0 Å². The number of nitriles is 1. The van der Waals surface area contributed by atoms with E-state index in [9.17, 15) is 0 Å². The van der Waals surface area contributed by atoms with Crippen molar-refractivity contribution in [2.24, 2.45) is 0 Å². The number of rotatable bonds is 2. The van der Waals surface area contributed by atoms with E-state index in [2.05, 4.69) is 16.0 Å². The zero-order chi connectivity index (χ0) is 13.2. The second kappa shape index (κ2) is 4.46. The lowest BCUT2D eigenvalue weighted by atomic mass is 9.86. The van der Waals surface area contributed by atoms with Crippen molar-refractivity contribution in [1.29, 1.82) is 5.26 Å². The van der Waals surface area contributed by atoms with Crippen molar-refractivity contribution in [3.63, 3.8) is 0 Å². The van der Waals surface area contributed by atoms with Gasteiger partial charge in [0.1, 0.15) is 0 Å². The van der Waals surface area contributed by atoms with Gasteiger partial charge in [0.25, 0.3) is 0 Å². The van der Waals surface area contributed by atoms with Gasteiger partial charge < -0.3 is 5.73 Å². The monoisotopic (exact) mass is 238 g/mol. The van der Waals surface area contributed by atoms with Crippen LogP contribution in [0.25, 0.3) is 11.1 Å². The first-order valence-electron chi connectivity index (χ1n) is 5.61. The largest absolute Gasteiger partial charge is 0.398 e. The maximum absolute atomic E-state index is 9.15. The van der Waals surface area contributed by atoms with Gasteiger partial charge in [0.15, 0.2) is 0 Å². The minimum atomic E-state index is -0.569. The molecule has 0 amide bonds. The van der Waals surface area contributed by atoms with Gasteiger partial charge in [0, 0.05) is 41.6 Å². The van der Waals surface area contributed by atoms with Crippen LogP contribution in [0.1, 0.15) is 19.4 Å². The maximum atomic E-state index is 9.15. The average molecular weight is 238 g/mol. The van der Waals surface area contributed by atoms with Crippen LogP contribution in [-0.4, -0.2) is 9.97 Å². The molecule has 0 fully saturated rings. The van der Waals surface area contributed by atoms with E-state index in [-0.39, 0.29) is 0 Å². The summed E-state index contributed by atoms with van der Waals surface area (Å²) in [5.41, 5.74) is 8.57. The van der Waals surface area contributed by atoms with Gasteiger partial charge in [-0.25, -0.2) is 0 Å². The van der Waals surface area contributed by atoms with Crippen LogP contribution in [0.2, 0.25) is 0 Å². The van der Waals surface area contributed by atoms with E-state index in [1.165, 1.54) is 0 Å². The molecule has 2 rings (SSSR count). The summed E-state index contributed by atoms with van der Waals surface area (Å²) < 4.78 is 0. The Morgan fingerprint density at radius 1 is 1.22 bits per heavy atom. The second-order valence-electron chi connectivity index (χ2n) is 4.66. The first-order valence-corrected chi connectivity index (χ1v) is 5.61. The molecular formula is C14H14N4. The second-order valence-corrected chi connectivity index (χ2v) is 4.66. The number of pyridine rings is 2. The standard InChI is InChI=1S/C14H14N4/c1-14(2,9-15)11-5-10(6-18-7-11)12-8-17-4-3-13(12)16/h3-8H,1-2H3,(H2,16,17). The van der Waals surface area contributed by atoms with Gasteiger partial charge in [-0.1, -0.05) is 0 Å². The van der Waals surface area contributed by atoms with Crippen molar-refractivity contribution < 1.29 is 0 Å². The van der Waals surface area contributed by atoms with Crippen molar-refractivity contribution in [1.82, 2.24) is 9.97 Å². The Hall–Kier alpha value is -2.41. The van der Waals surface area contributed by atoms with Crippen LogP contribution in [0.4, 0.5) is 5.69 Å². The van der Waals surface area contributed by atoms with Crippen LogP contribution in [0.15, 0.2) is 36.9 Å². The summed E-state index contributed by atoms with van der Waals surface area (Å²) in [4.78, 5) is 8.24. The molecular weight excluding hydrogens is 224 g/mol. The molecule has 0 saturated carbocycles. The van der Waals surface area contributed by atoms with Crippen LogP contribution in [0.3, 0.4) is 0 Å². The molecule has 4 nitrogen and oxygen atoms in total. The van der Waals surface area contributed by atoms with Gasteiger partial charge in [0.2, 0.25) is 0 Å². The Bertz CT molecular complexity index is 611. The molecule has 90 valence electrons. The lowest BCUT2D eigenvalue weighted by Gasteiger charge is -2.16. The Morgan fingerprint density at radius 3 is 2.67 bits per heavy atom. The van der Waals surface area contributed by atoms with Crippen molar-refractivity contribution in [2.45, 2.75) is 19.3 Å². The molecule has 0 unspecified atom stereocenters. The predicted molar refractivity (Wildman–Crippen MR) is 70.5 cm³/mol. The van der Waals surface area contributed by atoms with E-state index in [4.69, 9.17) is 11.0 Å². The predicted octanol–water partition coefficient (Wildman–Crippen LogP) is 2.53. The number of hydrogen-bond donors (Lipinski definition) is 1. The van der Waals surface area contributed by atoms with Gasteiger partial charge in [-0.3, -0.25) is 9.97 Å². The highest BCUT2D eigenvalue weighted by atomic mass is 14.7.